The van der Waals surface area contributed by atoms with E-state index in [1.165, 1.54) is 0 Å². The van der Waals surface area contributed by atoms with Gasteiger partial charge in [-0.15, -0.1) is 0 Å². The van der Waals surface area contributed by atoms with Crippen molar-refractivity contribution in [3.63, 3.8) is 0 Å². The molecule has 0 atom stereocenters. The fourth-order valence-corrected chi connectivity index (χ4v) is 1.85. The zero-order valence-electron chi connectivity index (χ0n) is 7.83. The summed E-state index contributed by atoms with van der Waals surface area (Å²) in [6.07, 6.45) is 1.66. The van der Waals surface area contributed by atoms with Gasteiger partial charge in [0.15, 0.2) is 0 Å². The molecule has 0 aliphatic carbocycles. The van der Waals surface area contributed by atoms with E-state index < -0.39 is 0 Å². The topological polar surface area (TPSA) is 28.9 Å². The molecule has 3 rings (SSSR count). The van der Waals surface area contributed by atoms with Crippen molar-refractivity contribution >= 4 is 22.5 Å². The second kappa shape index (κ2) is 3.17. The SMILES string of the molecule is Clc1ccc2[nH]c(-c3ccco3)cc2c1. The minimum absolute atomic E-state index is 0.743. The molecule has 3 heteroatoms. The van der Waals surface area contributed by atoms with E-state index in [1.54, 1.807) is 6.26 Å². The standard InChI is InChI=1S/C12H8ClNO/c13-9-3-4-10-8(6-9)7-11(14-10)12-2-1-5-15-12/h1-7,14H. The monoisotopic (exact) mass is 217 g/mol. The maximum atomic E-state index is 5.92. The minimum atomic E-state index is 0.743. The van der Waals surface area contributed by atoms with Gasteiger partial charge in [-0.05, 0) is 36.4 Å². The number of fused-ring (bicyclic) bond motifs is 1. The number of halogens is 1. The van der Waals surface area contributed by atoms with E-state index in [1.807, 2.05) is 36.4 Å². The van der Waals surface area contributed by atoms with Crippen LogP contribution in [-0.4, -0.2) is 4.98 Å². The first-order chi connectivity index (χ1) is 7.33. The second-order valence-corrected chi connectivity index (χ2v) is 3.83. The van der Waals surface area contributed by atoms with Crippen molar-refractivity contribution in [3.05, 3.63) is 47.7 Å². The first kappa shape index (κ1) is 8.62. The zero-order valence-corrected chi connectivity index (χ0v) is 8.58. The predicted molar refractivity (Wildman–Crippen MR) is 61.0 cm³/mol. The van der Waals surface area contributed by atoms with Crippen molar-refractivity contribution in [3.8, 4) is 11.5 Å². The van der Waals surface area contributed by atoms with Crippen LogP contribution < -0.4 is 0 Å². The van der Waals surface area contributed by atoms with Gasteiger partial charge in [-0.2, -0.15) is 0 Å². The lowest BCUT2D eigenvalue weighted by Gasteiger charge is -1.89. The van der Waals surface area contributed by atoms with Crippen LogP contribution in [0.4, 0.5) is 0 Å². The van der Waals surface area contributed by atoms with Gasteiger partial charge in [-0.3, -0.25) is 0 Å². The second-order valence-electron chi connectivity index (χ2n) is 3.39. The molecule has 0 unspecified atom stereocenters. The number of aromatic nitrogens is 1. The van der Waals surface area contributed by atoms with Gasteiger partial charge in [-0.1, -0.05) is 11.6 Å². The van der Waals surface area contributed by atoms with E-state index in [2.05, 4.69) is 4.98 Å². The van der Waals surface area contributed by atoms with Crippen LogP contribution in [0.15, 0.2) is 47.1 Å². The van der Waals surface area contributed by atoms with Crippen molar-refractivity contribution in [2.45, 2.75) is 0 Å². The molecule has 2 nitrogen and oxygen atoms in total. The van der Waals surface area contributed by atoms with Gasteiger partial charge in [0.1, 0.15) is 5.76 Å². The lowest BCUT2D eigenvalue weighted by atomic mass is 10.2. The molecular weight excluding hydrogens is 210 g/mol. The highest BCUT2D eigenvalue weighted by atomic mass is 35.5. The average Bonchev–Trinajstić information content (AvgIpc) is 2.84. The smallest absolute Gasteiger partial charge is 0.150 e. The number of benzene rings is 1. The molecule has 1 aromatic carbocycles. The first-order valence-corrected chi connectivity index (χ1v) is 5.03. The molecule has 2 aromatic heterocycles. The van der Waals surface area contributed by atoms with Crippen LogP contribution in [0.5, 0.6) is 0 Å². The van der Waals surface area contributed by atoms with Gasteiger partial charge in [-0.25, -0.2) is 0 Å². The lowest BCUT2D eigenvalue weighted by Crippen LogP contribution is -1.70. The summed E-state index contributed by atoms with van der Waals surface area (Å²) < 4.78 is 5.32. The van der Waals surface area contributed by atoms with Crippen molar-refractivity contribution in [1.29, 1.82) is 0 Å². The first-order valence-electron chi connectivity index (χ1n) is 4.65. The fourth-order valence-electron chi connectivity index (χ4n) is 1.67. The Hall–Kier alpha value is -1.67. The number of hydrogen-bond donors (Lipinski definition) is 1. The quantitative estimate of drug-likeness (QED) is 0.654. The van der Waals surface area contributed by atoms with E-state index >= 15 is 0 Å². The zero-order chi connectivity index (χ0) is 10.3. The van der Waals surface area contributed by atoms with Gasteiger partial charge in [0.05, 0.1) is 12.0 Å². The van der Waals surface area contributed by atoms with Crippen LogP contribution >= 0.6 is 11.6 Å². The maximum absolute atomic E-state index is 5.92. The van der Waals surface area contributed by atoms with E-state index in [-0.39, 0.29) is 0 Å². The maximum Gasteiger partial charge on any atom is 0.150 e. The molecule has 0 saturated carbocycles. The summed E-state index contributed by atoms with van der Waals surface area (Å²) in [4.78, 5) is 3.27. The Labute approximate surface area is 91.5 Å². The highest BCUT2D eigenvalue weighted by Gasteiger charge is 2.05. The minimum Gasteiger partial charge on any atom is -0.463 e. The largest absolute Gasteiger partial charge is 0.463 e. The molecule has 0 bridgehead atoms. The number of rotatable bonds is 1. The molecule has 15 heavy (non-hydrogen) atoms. The summed E-state index contributed by atoms with van der Waals surface area (Å²) in [7, 11) is 0. The summed E-state index contributed by atoms with van der Waals surface area (Å²) in [5.41, 5.74) is 2.03. The third kappa shape index (κ3) is 1.43. The van der Waals surface area contributed by atoms with Crippen molar-refractivity contribution in [1.82, 2.24) is 4.98 Å². The molecule has 0 aliphatic heterocycles. The Kier molecular flexibility index (Phi) is 1.82. The Bertz CT molecular complexity index is 595. The number of aromatic amines is 1. The van der Waals surface area contributed by atoms with E-state index in [4.69, 9.17) is 16.0 Å². The van der Waals surface area contributed by atoms with Crippen LogP contribution in [0.25, 0.3) is 22.4 Å². The van der Waals surface area contributed by atoms with Gasteiger partial charge in [0.25, 0.3) is 0 Å². The number of hydrogen-bond acceptors (Lipinski definition) is 1. The van der Waals surface area contributed by atoms with Crippen LogP contribution in [0, 0.1) is 0 Å². The van der Waals surface area contributed by atoms with E-state index in [9.17, 15) is 0 Å². The molecule has 0 spiro atoms. The normalized spacial score (nSPS) is 11.0. The summed E-state index contributed by atoms with van der Waals surface area (Å²) in [6.45, 7) is 0. The third-order valence-electron chi connectivity index (χ3n) is 2.37. The number of H-pyrrole nitrogens is 1. The predicted octanol–water partition coefficient (Wildman–Crippen LogP) is 4.08. The molecule has 0 radical (unpaired) electrons. The molecule has 3 aromatic rings. The molecular formula is C12H8ClNO. The van der Waals surface area contributed by atoms with Gasteiger partial charge >= 0.3 is 0 Å². The molecule has 0 aliphatic rings. The lowest BCUT2D eigenvalue weighted by molar-refractivity contribution is 0.580. The molecule has 1 N–H and O–H groups in total. The van der Waals surface area contributed by atoms with Crippen LogP contribution in [0.2, 0.25) is 5.02 Å². The van der Waals surface area contributed by atoms with Crippen LogP contribution in [0.1, 0.15) is 0 Å². The molecule has 0 fully saturated rings. The van der Waals surface area contributed by atoms with Crippen LogP contribution in [0.3, 0.4) is 0 Å². The summed E-state index contributed by atoms with van der Waals surface area (Å²) in [5, 5.41) is 1.83. The Balaban J connectivity index is 2.22. The Morgan fingerprint density at radius 1 is 1.13 bits per heavy atom. The summed E-state index contributed by atoms with van der Waals surface area (Å²) in [5.74, 6) is 0.835. The Morgan fingerprint density at radius 3 is 2.87 bits per heavy atom. The molecule has 0 saturated heterocycles. The number of furan rings is 1. The molecule has 2 heterocycles. The Morgan fingerprint density at radius 2 is 2.07 bits per heavy atom. The highest BCUT2D eigenvalue weighted by Crippen LogP contribution is 2.26. The highest BCUT2D eigenvalue weighted by molar-refractivity contribution is 6.31. The van der Waals surface area contributed by atoms with Crippen LogP contribution in [-0.2, 0) is 0 Å². The van der Waals surface area contributed by atoms with Crippen molar-refractivity contribution in [2.24, 2.45) is 0 Å². The number of nitrogens with one attached hydrogen (secondary N) is 1. The molecule has 74 valence electrons. The summed E-state index contributed by atoms with van der Waals surface area (Å²) in [6, 6.07) is 11.6. The van der Waals surface area contributed by atoms with Crippen molar-refractivity contribution in [2.75, 3.05) is 0 Å². The average molecular weight is 218 g/mol. The fraction of sp³-hybridized carbons (Fsp3) is 0. The molecule has 0 amide bonds. The van der Waals surface area contributed by atoms with Gasteiger partial charge in [0, 0.05) is 15.9 Å². The van der Waals surface area contributed by atoms with E-state index in [0.29, 0.717) is 0 Å². The van der Waals surface area contributed by atoms with E-state index in [0.717, 1.165) is 27.4 Å². The third-order valence-corrected chi connectivity index (χ3v) is 2.60. The van der Waals surface area contributed by atoms with Gasteiger partial charge < -0.3 is 9.40 Å². The van der Waals surface area contributed by atoms with Crippen molar-refractivity contribution < 1.29 is 4.42 Å². The van der Waals surface area contributed by atoms with Gasteiger partial charge in [0.2, 0.25) is 0 Å². The summed E-state index contributed by atoms with van der Waals surface area (Å²) >= 11 is 5.92.